The van der Waals surface area contributed by atoms with Gasteiger partial charge in [-0.15, -0.1) is 0 Å². The van der Waals surface area contributed by atoms with Crippen molar-refractivity contribution in [1.82, 2.24) is 4.90 Å². The van der Waals surface area contributed by atoms with E-state index in [4.69, 9.17) is 4.74 Å². The predicted octanol–water partition coefficient (Wildman–Crippen LogP) is 1.28. The highest BCUT2D eigenvalue weighted by atomic mass is 16.6. The van der Waals surface area contributed by atoms with E-state index in [0.29, 0.717) is 0 Å². The molecule has 0 radical (unpaired) electrons. The highest BCUT2D eigenvalue weighted by molar-refractivity contribution is 5.75. The van der Waals surface area contributed by atoms with E-state index < -0.39 is 0 Å². The topological polar surface area (TPSA) is 29.5 Å². The lowest BCUT2D eigenvalue weighted by atomic mass is 10.2. The maximum Gasteiger partial charge on any atom is 0.323 e. The maximum atomic E-state index is 11.3. The molecule has 0 N–H and O–H groups in total. The zero-order chi connectivity index (χ0) is 9.94. The molecule has 0 fully saturated rings. The van der Waals surface area contributed by atoms with Gasteiger partial charge in [0.25, 0.3) is 0 Å². The third-order valence-corrected chi connectivity index (χ3v) is 1.52. The van der Waals surface area contributed by atoms with Gasteiger partial charge in [0.15, 0.2) is 0 Å². The van der Waals surface area contributed by atoms with E-state index in [1.54, 1.807) is 0 Å². The molecule has 0 aromatic heterocycles. The van der Waals surface area contributed by atoms with Crippen molar-refractivity contribution in [3.63, 3.8) is 0 Å². The Labute approximate surface area is 74.7 Å². The van der Waals surface area contributed by atoms with Crippen LogP contribution in [0, 0.1) is 0 Å². The molecule has 0 aliphatic rings. The summed E-state index contributed by atoms with van der Waals surface area (Å²) in [4.78, 5) is 13.2. The summed E-state index contributed by atoms with van der Waals surface area (Å²) >= 11 is 0. The highest BCUT2D eigenvalue weighted by Gasteiger charge is 2.22. The number of carbonyl (C=O) groups excluding carboxylic acids is 1. The molecule has 0 saturated heterocycles. The zero-order valence-corrected chi connectivity index (χ0v) is 8.84. The maximum absolute atomic E-state index is 11.3. The van der Waals surface area contributed by atoms with E-state index in [1.165, 1.54) is 0 Å². The second-order valence-electron chi connectivity index (χ2n) is 4.17. The fraction of sp³-hybridized carbons (Fsp3) is 0.889. The van der Waals surface area contributed by atoms with Crippen LogP contribution in [-0.4, -0.2) is 36.6 Å². The van der Waals surface area contributed by atoms with Crippen LogP contribution in [0.25, 0.3) is 0 Å². The van der Waals surface area contributed by atoms with Crippen molar-refractivity contribution in [2.75, 3.05) is 14.1 Å². The zero-order valence-electron chi connectivity index (χ0n) is 8.84. The molecule has 0 spiro atoms. The molecule has 0 heterocycles. The van der Waals surface area contributed by atoms with Gasteiger partial charge in [-0.05, 0) is 41.8 Å². The SMILES string of the molecule is CC(C(=O)OC(C)(C)C)N(C)C. The van der Waals surface area contributed by atoms with E-state index in [0.717, 1.165) is 0 Å². The Hall–Kier alpha value is -0.570. The van der Waals surface area contributed by atoms with Crippen molar-refractivity contribution >= 4 is 5.97 Å². The molecule has 0 aliphatic heterocycles. The molecular formula is C9H19NO2. The standard InChI is InChI=1S/C9H19NO2/c1-7(10(5)6)8(11)12-9(2,3)4/h7H,1-6H3. The first-order chi connectivity index (χ1) is 5.24. The first-order valence-electron chi connectivity index (χ1n) is 4.13. The smallest absolute Gasteiger partial charge is 0.323 e. The lowest BCUT2D eigenvalue weighted by Crippen LogP contribution is -2.38. The fourth-order valence-electron chi connectivity index (χ4n) is 0.598. The molecule has 0 aliphatic carbocycles. The van der Waals surface area contributed by atoms with E-state index in [9.17, 15) is 4.79 Å². The van der Waals surface area contributed by atoms with Crippen LogP contribution in [0.4, 0.5) is 0 Å². The van der Waals surface area contributed by atoms with Gasteiger partial charge in [-0.1, -0.05) is 0 Å². The molecule has 0 amide bonds. The Morgan fingerprint density at radius 2 is 1.75 bits per heavy atom. The van der Waals surface area contributed by atoms with Crippen molar-refractivity contribution in [3.8, 4) is 0 Å². The largest absolute Gasteiger partial charge is 0.459 e. The molecule has 3 nitrogen and oxygen atoms in total. The molecule has 0 bridgehead atoms. The molecule has 0 saturated carbocycles. The van der Waals surface area contributed by atoms with Gasteiger partial charge in [0.05, 0.1) is 0 Å². The molecule has 0 rings (SSSR count). The number of esters is 1. The van der Waals surface area contributed by atoms with Gasteiger partial charge in [-0.2, -0.15) is 0 Å². The molecule has 1 atom stereocenters. The molecule has 0 aromatic rings. The van der Waals surface area contributed by atoms with Crippen molar-refractivity contribution in [1.29, 1.82) is 0 Å². The van der Waals surface area contributed by atoms with Crippen LogP contribution >= 0.6 is 0 Å². The van der Waals surface area contributed by atoms with Crippen LogP contribution in [0.2, 0.25) is 0 Å². The van der Waals surface area contributed by atoms with Crippen molar-refractivity contribution in [2.24, 2.45) is 0 Å². The third kappa shape index (κ3) is 4.34. The molecule has 3 heteroatoms. The van der Waals surface area contributed by atoms with Crippen LogP contribution in [0.5, 0.6) is 0 Å². The minimum atomic E-state index is -0.388. The summed E-state index contributed by atoms with van der Waals surface area (Å²) in [5.41, 5.74) is -0.388. The third-order valence-electron chi connectivity index (χ3n) is 1.52. The highest BCUT2D eigenvalue weighted by Crippen LogP contribution is 2.09. The predicted molar refractivity (Wildman–Crippen MR) is 49.0 cm³/mol. The lowest BCUT2D eigenvalue weighted by molar-refractivity contribution is -0.159. The molecule has 72 valence electrons. The summed E-state index contributed by atoms with van der Waals surface area (Å²) in [7, 11) is 3.71. The van der Waals surface area contributed by atoms with E-state index in [-0.39, 0.29) is 17.6 Å². The number of hydrogen-bond donors (Lipinski definition) is 0. The summed E-state index contributed by atoms with van der Waals surface area (Å²) in [6, 6.07) is -0.177. The molecule has 0 aromatic carbocycles. The van der Waals surface area contributed by atoms with Gasteiger partial charge in [0.1, 0.15) is 11.6 Å². The van der Waals surface area contributed by atoms with Crippen LogP contribution in [0.1, 0.15) is 27.7 Å². The summed E-state index contributed by atoms with van der Waals surface area (Å²) in [5, 5.41) is 0. The summed E-state index contributed by atoms with van der Waals surface area (Å²) in [5.74, 6) is -0.174. The van der Waals surface area contributed by atoms with E-state index in [1.807, 2.05) is 46.7 Å². The van der Waals surface area contributed by atoms with Crippen LogP contribution < -0.4 is 0 Å². The van der Waals surface area contributed by atoms with Gasteiger partial charge < -0.3 is 4.74 Å². The number of nitrogens with zero attached hydrogens (tertiary/aromatic N) is 1. The number of ether oxygens (including phenoxy) is 1. The molecular weight excluding hydrogens is 154 g/mol. The average Bonchev–Trinajstić information content (AvgIpc) is 1.82. The van der Waals surface area contributed by atoms with E-state index in [2.05, 4.69) is 0 Å². The number of likely N-dealkylation sites (N-methyl/N-ethyl adjacent to an activating group) is 1. The quantitative estimate of drug-likeness (QED) is 0.589. The van der Waals surface area contributed by atoms with E-state index >= 15 is 0 Å². The number of rotatable bonds is 2. The van der Waals surface area contributed by atoms with Gasteiger partial charge >= 0.3 is 5.97 Å². The lowest BCUT2D eigenvalue weighted by Gasteiger charge is -2.25. The van der Waals surface area contributed by atoms with Crippen molar-refractivity contribution in [2.45, 2.75) is 39.3 Å². The van der Waals surface area contributed by atoms with Gasteiger partial charge in [-0.3, -0.25) is 9.69 Å². The first-order valence-corrected chi connectivity index (χ1v) is 4.13. The average molecular weight is 173 g/mol. The second kappa shape index (κ2) is 3.90. The summed E-state index contributed by atoms with van der Waals surface area (Å²) < 4.78 is 5.18. The Morgan fingerprint density at radius 1 is 1.33 bits per heavy atom. The molecule has 12 heavy (non-hydrogen) atoms. The Balaban J connectivity index is 4.05. The fourth-order valence-corrected chi connectivity index (χ4v) is 0.598. The molecule has 1 unspecified atom stereocenters. The van der Waals surface area contributed by atoms with Crippen molar-refractivity contribution < 1.29 is 9.53 Å². The van der Waals surface area contributed by atoms with Crippen LogP contribution in [0.3, 0.4) is 0 Å². The van der Waals surface area contributed by atoms with Crippen LogP contribution in [0.15, 0.2) is 0 Å². The number of carbonyl (C=O) groups is 1. The normalized spacial score (nSPS) is 14.6. The Kier molecular flexibility index (Phi) is 3.71. The van der Waals surface area contributed by atoms with Gasteiger partial charge in [-0.25, -0.2) is 0 Å². The Bertz CT molecular complexity index is 158. The summed E-state index contributed by atoms with van der Waals surface area (Å²) in [6.45, 7) is 7.43. The van der Waals surface area contributed by atoms with Gasteiger partial charge in [0, 0.05) is 0 Å². The minimum absolute atomic E-state index is 0.174. The monoisotopic (exact) mass is 173 g/mol. The van der Waals surface area contributed by atoms with Crippen molar-refractivity contribution in [3.05, 3.63) is 0 Å². The van der Waals surface area contributed by atoms with Gasteiger partial charge in [0.2, 0.25) is 0 Å². The first kappa shape index (κ1) is 11.4. The van der Waals surface area contributed by atoms with Crippen LogP contribution in [-0.2, 0) is 9.53 Å². The second-order valence-corrected chi connectivity index (χ2v) is 4.17. The minimum Gasteiger partial charge on any atom is -0.459 e. The number of hydrogen-bond acceptors (Lipinski definition) is 3. The summed E-state index contributed by atoms with van der Waals surface area (Å²) in [6.07, 6.45) is 0. The Morgan fingerprint density at radius 3 is 2.00 bits per heavy atom.